The van der Waals surface area contributed by atoms with Gasteiger partial charge in [0.2, 0.25) is 0 Å². The minimum absolute atomic E-state index is 0.0839. The van der Waals surface area contributed by atoms with E-state index in [0.717, 1.165) is 25.8 Å². The fourth-order valence-corrected chi connectivity index (χ4v) is 1.50. The van der Waals surface area contributed by atoms with Crippen molar-refractivity contribution in [2.45, 2.75) is 45.5 Å². The summed E-state index contributed by atoms with van der Waals surface area (Å²) in [7, 11) is 1.68. The molecule has 2 atom stereocenters. The maximum absolute atomic E-state index is 5.54. The Morgan fingerprint density at radius 3 is 2.92 bits per heavy atom. The van der Waals surface area contributed by atoms with Gasteiger partial charge in [0, 0.05) is 32.2 Å². The normalized spacial score (nSPS) is 32.4. The van der Waals surface area contributed by atoms with E-state index in [1.807, 2.05) is 0 Å². The van der Waals surface area contributed by atoms with Crippen molar-refractivity contribution in [3.8, 4) is 0 Å². The highest BCUT2D eigenvalue weighted by molar-refractivity contribution is 5.85. The van der Waals surface area contributed by atoms with E-state index in [1.165, 1.54) is 5.71 Å². The van der Waals surface area contributed by atoms with Crippen LogP contribution in [0.2, 0.25) is 0 Å². The molecule has 0 aliphatic carbocycles. The van der Waals surface area contributed by atoms with Crippen molar-refractivity contribution in [2.24, 2.45) is 4.99 Å². The van der Waals surface area contributed by atoms with Crippen LogP contribution in [0.15, 0.2) is 4.99 Å². The first kappa shape index (κ1) is 10.7. The first-order valence-corrected chi connectivity index (χ1v) is 4.96. The zero-order valence-corrected chi connectivity index (χ0v) is 8.75. The number of aliphatic imine (C=N–C) groups is 1. The molecule has 1 aliphatic rings. The van der Waals surface area contributed by atoms with Crippen molar-refractivity contribution in [1.29, 1.82) is 0 Å². The Morgan fingerprint density at radius 2 is 2.31 bits per heavy atom. The molecule has 3 heteroatoms. The van der Waals surface area contributed by atoms with Gasteiger partial charge in [0.25, 0.3) is 0 Å². The molecule has 0 N–H and O–H groups in total. The zero-order chi connectivity index (χ0) is 9.68. The molecule has 0 amide bonds. The summed E-state index contributed by atoms with van der Waals surface area (Å²) in [5.41, 5.74) is 1.24. The molecule has 1 rings (SSSR count). The maximum Gasteiger partial charge on any atom is 0.162 e. The fraction of sp³-hybridized carbons (Fsp3) is 0.900. The van der Waals surface area contributed by atoms with Crippen molar-refractivity contribution in [3.05, 3.63) is 0 Å². The van der Waals surface area contributed by atoms with Crippen LogP contribution in [0.4, 0.5) is 0 Å². The van der Waals surface area contributed by atoms with E-state index >= 15 is 0 Å². The monoisotopic (exact) mass is 185 g/mol. The van der Waals surface area contributed by atoms with Crippen LogP contribution < -0.4 is 0 Å². The largest absolute Gasteiger partial charge is 0.355 e. The molecule has 0 spiro atoms. The van der Waals surface area contributed by atoms with E-state index < -0.39 is 0 Å². The highest BCUT2D eigenvalue weighted by Gasteiger charge is 2.22. The lowest BCUT2D eigenvalue weighted by molar-refractivity contribution is -0.152. The van der Waals surface area contributed by atoms with Crippen LogP contribution in [-0.2, 0) is 9.47 Å². The summed E-state index contributed by atoms with van der Waals surface area (Å²) in [5, 5.41) is 0. The van der Waals surface area contributed by atoms with Crippen LogP contribution in [0.25, 0.3) is 0 Å². The van der Waals surface area contributed by atoms with Crippen molar-refractivity contribution >= 4 is 5.71 Å². The van der Waals surface area contributed by atoms with Crippen molar-refractivity contribution < 1.29 is 9.47 Å². The van der Waals surface area contributed by atoms with Gasteiger partial charge < -0.3 is 9.47 Å². The molecular weight excluding hydrogens is 166 g/mol. The van der Waals surface area contributed by atoms with Gasteiger partial charge >= 0.3 is 0 Å². The van der Waals surface area contributed by atoms with Gasteiger partial charge in [-0.1, -0.05) is 6.92 Å². The predicted octanol–water partition coefficient (Wildman–Crippen LogP) is 2.01. The van der Waals surface area contributed by atoms with E-state index in [9.17, 15) is 0 Å². The lowest BCUT2D eigenvalue weighted by Gasteiger charge is -2.27. The minimum Gasteiger partial charge on any atom is -0.355 e. The van der Waals surface area contributed by atoms with Crippen LogP contribution in [0.3, 0.4) is 0 Å². The third-order valence-electron chi connectivity index (χ3n) is 2.13. The Labute approximate surface area is 80.1 Å². The molecule has 3 nitrogen and oxygen atoms in total. The van der Waals surface area contributed by atoms with Gasteiger partial charge in [-0.05, 0) is 13.3 Å². The average molecular weight is 185 g/mol. The van der Waals surface area contributed by atoms with Crippen molar-refractivity contribution in [3.63, 3.8) is 0 Å². The topological polar surface area (TPSA) is 30.8 Å². The standard InChI is InChI=1S/C10H19NO2/c1-4-5-11-9-6-8(2)13-10(7-9)12-3/h8,10H,4-7H2,1-3H3. The zero-order valence-electron chi connectivity index (χ0n) is 8.75. The summed E-state index contributed by atoms with van der Waals surface area (Å²) in [6.45, 7) is 5.13. The van der Waals surface area contributed by atoms with E-state index in [1.54, 1.807) is 7.11 Å². The Morgan fingerprint density at radius 1 is 1.54 bits per heavy atom. The molecule has 1 saturated heterocycles. The van der Waals surface area contributed by atoms with Crippen molar-refractivity contribution in [1.82, 2.24) is 0 Å². The number of hydrogen-bond acceptors (Lipinski definition) is 3. The predicted molar refractivity (Wildman–Crippen MR) is 53.2 cm³/mol. The molecular formula is C10H19NO2. The molecule has 0 bridgehead atoms. The molecule has 13 heavy (non-hydrogen) atoms. The SMILES string of the molecule is CCCN=C1CC(C)OC(OC)C1. The summed E-state index contributed by atoms with van der Waals surface area (Å²) in [5.74, 6) is 0. The van der Waals surface area contributed by atoms with Crippen molar-refractivity contribution in [2.75, 3.05) is 13.7 Å². The molecule has 0 saturated carbocycles. The first-order valence-electron chi connectivity index (χ1n) is 4.96. The number of hydrogen-bond donors (Lipinski definition) is 0. The Hall–Kier alpha value is -0.410. The maximum atomic E-state index is 5.54. The molecule has 0 aromatic heterocycles. The molecule has 0 radical (unpaired) electrons. The fourth-order valence-electron chi connectivity index (χ4n) is 1.50. The van der Waals surface area contributed by atoms with Gasteiger partial charge in [-0.2, -0.15) is 0 Å². The summed E-state index contributed by atoms with van der Waals surface area (Å²) in [4.78, 5) is 4.51. The third-order valence-corrected chi connectivity index (χ3v) is 2.13. The molecule has 1 fully saturated rings. The average Bonchev–Trinajstić information content (AvgIpc) is 2.14. The van der Waals surface area contributed by atoms with Crippen LogP contribution in [-0.4, -0.2) is 31.8 Å². The van der Waals surface area contributed by atoms with E-state index in [2.05, 4.69) is 18.8 Å². The van der Waals surface area contributed by atoms with Gasteiger partial charge in [-0.25, -0.2) is 0 Å². The molecule has 1 heterocycles. The number of rotatable bonds is 3. The van der Waals surface area contributed by atoms with Crippen LogP contribution in [0.1, 0.15) is 33.1 Å². The minimum atomic E-state index is -0.0839. The van der Waals surface area contributed by atoms with Crippen LogP contribution in [0, 0.1) is 0 Å². The molecule has 1 aliphatic heterocycles. The van der Waals surface area contributed by atoms with Gasteiger partial charge in [0.15, 0.2) is 6.29 Å². The molecule has 76 valence electrons. The molecule has 0 aromatic rings. The smallest absolute Gasteiger partial charge is 0.162 e. The lowest BCUT2D eigenvalue weighted by atomic mass is 10.1. The molecule has 2 unspecified atom stereocenters. The van der Waals surface area contributed by atoms with E-state index in [0.29, 0.717) is 0 Å². The highest BCUT2D eigenvalue weighted by Crippen LogP contribution is 2.17. The Balaban J connectivity index is 2.46. The highest BCUT2D eigenvalue weighted by atomic mass is 16.7. The summed E-state index contributed by atoms with van der Waals surface area (Å²) in [6.07, 6.45) is 3.06. The number of nitrogens with zero attached hydrogens (tertiary/aromatic N) is 1. The number of ether oxygens (including phenoxy) is 2. The van der Waals surface area contributed by atoms with Gasteiger partial charge in [0.05, 0.1) is 6.10 Å². The molecule has 0 aromatic carbocycles. The van der Waals surface area contributed by atoms with Gasteiger partial charge in [0.1, 0.15) is 0 Å². The first-order chi connectivity index (χ1) is 6.26. The third kappa shape index (κ3) is 3.44. The Kier molecular flexibility index (Phi) is 4.39. The second-order valence-electron chi connectivity index (χ2n) is 3.47. The summed E-state index contributed by atoms with van der Waals surface area (Å²) in [6, 6.07) is 0. The van der Waals surface area contributed by atoms with E-state index in [-0.39, 0.29) is 12.4 Å². The quantitative estimate of drug-likeness (QED) is 0.673. The van der Waals surface area contributed by atoms with Gasteiger partial charge in [-0.3, -0.25) is 4.99 Å². The lowest BCUT2D eigenvalue weighted by Crippen LogP contribution is -2.32. The van der Waals surface area contributed by atoms with E-state index in [4.69, 9.17) is 9.47 Å². The second kappa shape index (κ2) is 5.35. The summed E-state index contributed by atoms with van der Waals surface area (Å²) >= 11 is 0. The Bertz CT molecular complexity index is 180. The van der Waals surface area contributed by atoms with Gasteiger partial charge in [-0.15, -0.1) is 0 Å². The van der Waals surface area contributed by atoms with Crippen LogP contribution in [0.5, 0.6) is 0 Å². The van der Waals surface area contributed by atoms with Crippen LogP contribution >= 0.6 is 0 Å². The number of methoxy groups -OCH3 is 1. The second-order valence-corrected chi connectivity index (χ2v) is 3.47. The summed E-state index contributed by atoms with van der Waals surface area (Å²) < 4.78 is 10.7.